The molecule has 2 fully saturated rings. The predicted octanol–water partition coefficient (Wildman–Crippen LogP) is 3.66. The third-order valence-corrected chi connectivity index (χ3v) is 5.88. The molecule has 0 atom stereocenters. The zero-order valence-corrected chi connectivity index (χ0v) is 17.3. The van der Waals surface area contributed by atoms with Crippen molar-refractivity contribution < 1.29 is 13.6 Å². The van der Waals surface area contributed by atoms with Crippen LogP contribution in [0.1, 0.15) is 43.2 Å². The van der Waals surface area contributed by atoms with Gasteiger partial charge in [-0.3, -0.25) is 4.79 Å². The first-order valence-corrected chi connectivity index (χ1v) is 10.4. The lowest BCUT2D eigenvalue weighted by molar-refractivity contribution is -0.129. The molecular formula is C22H24F2N6O. The Morgan fingerprint density at radius 1 is 1.23 bits per heavy atom. The molecule has 0 saturated carbocycles. The normalized spacial score (nSPS) is 18.6. The first-order valence-electron chi connectivity index (χ1n) is 10.4. The minimum atomic E-state index is -2.72. The summed E-state index contributed by atoms with van der Waals surface area (Å²) in [6.07, 6.45) is 2.95. The highest BCUT2D eigenvalue weighted by atomic mass is 19.3. The first-order chi connectivity index (χ1) is 14.8. The molecule has 0 aromatic carbocycles. The Balaban J connectivity index is 1.62. The summed E-state index contributed by atoms with van der Waals surface area (Å²) < 4.78 is 27.6. The van der Waals surface area contributed by atoms with Crippen LogP contribution < -0.4 is 10.2 Å². The van der Waals surface area contributed by atoms with Gasteiger partial charge in [-0.15, -0.1) is 0 Å². The van der Waals surface area contributed by atoms with Gasteiger partial charge in [-0.05, 0) is 48.6 Å². The summed E-state index contributed by atoms with van der Waals surface area (Å²) in [4.78, 5) is 23.9. The van der Waals surface area contributed by atoms with Gasteiger partial charge in [0.1, 0.15) is 17.5 Å². The largest absolute Gasteiger partial charge is 0.350 e. The van der Waals surface area contributed by atoms with E-state index in [-0.39, 0.29) is 31.3 Å². The molecule has 2 aliphatic rings. The smallest absolute Gasteiger partial charge is 0.266 e. The summed E-state index contributed by atoms with van der Waals surface area (Å²) in [5, 5.41) is 12.2. The number of halogens is 2. The molecule has 1 amide bonds. The van der Waals surface area contributed by atoms with Crippen LogP contribution in [0.3, 0.4) is 0 Å². The van der Waals surface area contributed by atoms with E-state index in [1.165, 1.54) is 6.20 Å². The first kappa shape index (κ1) is 21.0. The number of nitrogens with zero attached hydrogens (tertiary/aromatic N) is 5. The number of amides is 1. The Kier molecular flexibility index (Phi) is 5.72. The summed E-state index contributed by atoms with van der Waals surface area (Å²) in [6, 6.07) is 9.09. The molecule has 7 nitrogen and oxygen atoms in total. The fraction of sp³-hybridized carbons (Fsp3) is 0.455. The number of hydrogen-bond acceptors (Lipinski definition) is 6. The Morgan fingerprint density at radius 2 is 2.00 bits per heavy atom. The van der Waals surface area contributed by atoms with Crippen LogP contribution in [-0.2, 0) is 4.79 Å². The number of piperidine rings is 1. The number of alkyl halides is 2. The van der Waals surface area contributed by atoms with E-state index in [0.29, 0.717) is 36.1 Å². The lowest BCUT2D eigenvalue weighted by atomic mass is 9.89. The van der Waals surface area contributed by atoms with Crippen molar-refractivity contribution in [3.05, 3.63) is 41.6 Å². The van der Waals surface area contributed by atoms with E-state index in [1.54, 1.807) is 24.0 Å². The van der Waals surface area contributed by atoms with Crippen molar-refractivity contribution in [1.82, 2.24) is 14.9 Å². The molecule has 9 heteroatoms. The summed E-state index contributed by atoms with van der Waals surface area (Å²) >= 11 is 0. The molecule has 2 aliphatic heterocycles. The van der Waals surface area contributed by atoms with Crippen molar-refractivity contribution >= 4 is 23.4 Å². The predicted molar refractivity (Wildman–Crippen MR) is 112 cm³/mol. The van der Waals surface area contributed by atoms with Crippen LogP contribution in [0, 0.1) is 11.3 Å². The zero-order valence-electron chi connectivity index (χ0n) is 17.3. The Labute approximate surface area is 179 Å². The summed E-state index contributed by atoms with van der Waals surface area (Å²) in [5.74, 6) is -0.978. The molecule has 0 aliphatic carbocycles. The summed E-state index contributed by atoms with van der Waals surface area (Å²) in [5.41, 5.74) is 1.46. The maximum Gasteiger partial charge on any atom is 0.266 e. The van der Waals surface area contributed by atoms with Gasteiger partial charge < -0.3 is 15.1 Å². The fourth-order valence-corrected chi connectivity index (χ4v) is 4.16. The van der Waals surface area contributed by atoms with E-state index >= 15 is 0 Å². The standard InChI is InChI=1S/C22H24F2N6O/c1-15(31)29-7-3-17(4-8-29)18-11-20(27-19-10-16(13-25)2-6-26-19)28-21(12-18)30-9-5-22(23,24)14-30/h2,6,10-12,17H,3-5,7-9,14H2,1H3,(H,26,27,28). The van der Waals surface area contributed by atoms with E-state index in [4.69, 9.17) is 5.26 Å². The molecule has 2 saturated heterocycles. The molecule has 0 spiro atoms. The third kappa shape index (κ3) is 4.90. The van der Waals surface area contributed by atoms with Crippen molar-refractivity contribution in [3.8, 4) is 6.07 Å². The van der Waals surface area contributed by atoms with Crippen molar-refractivity contribution in [2.24, 2.45) is 0 Å². The SMILES string of the molecule is CC(=O)N1CCC(c2cc(Nc3cc(C#N)ccn3)nc(N3CCC(F)(F)C3)c2)CC1. The van der Waals surface area contributed by atoms with Crippen LogP contribution in [0.2, 0.25) is 0 Å². The quantitative estimate of drug-likeness (QED) is 0.803. The van der Waals surface area contributed by atoms with Crippen LogP contribution in [0.25, 0.3) is 0 Å². The second-order valence-electron chi connectivity index (χ2n) is 8.12. The number of aromatic nitrogens is 2. The second kappa shape index (κ2) is 8.46. The highest BCUT2D eigenvalue weighted by Gasteiger charge is 2.39. The number of carbonyl (C=O) groups excluding carboxylic acids is 1. The molecule has 0 bridgehead atoms. The number of nitriles is 1. The van der Waals surface area contributed by atoms with Crippen molar-refractivity contribution in [3.63, 3.8) is 0 Å². The van der Waals surface area contributed by atoms with Gasteiger partial charge in [-0.2, -0.15) is 5.26 Å². The molecule has 1 N–H and O–H groups in total. The lowest BCUT2D eigenvalue weighted by Crippen LogP contribution is -2.36. The van der Waals surface area contributed by atoms with Gasteiger partial charge in [-0.25, -0.2) is 18.7 Å². The minimum absolute atomic E-state index is 0.0685. The van der Waals surface area contributed by atoms with Gasteiger partial charge in [0.05, 0.1) is 18.2 Å². The number of hydrogen-bond donors (Lipinski definition) is 1. The average Bonchev–Trinajstić information content (AvgIpc) is 3.13. The molecule has 4 rings (SSSR count). The fourth-order valence-electron chi connectivity index (χ4n) is 4.16. The number of likely N-dealkylation sites (tertiary alicyclic amines) is 1. The van der Waals surface area contributed by atoms with Crippen molar-refractivity contribution in [2.75, 3.05) is 36.4 Å². The zero-order chi connectivity index (χ0) is 22.0. The van der Waals surface area contributed by atoms with E-state index in [1.807, 2.05) is 17.0 Å². The molecule has 31 heavy (non-hydrogen) atoms. The van der Waals surface area contributed by atoms with Gasteiger partial charge in [-0.1, -0.05) is 0 Å². The number of rotatable bonds is 4. The van der Waals surface area contributed by atoms with Crippen LogP contribution in [-0.4, -0.2) is 52.9 Å². The van der Waals surface area contributed by atoms with Crippen molar-refractivity contribution in [2.45, 2.75) is 38.0 Å². The molecular weight excluding hydrogens is 402 g/mol. The average molecular weight is 426 g/mol. The summed E-state index contributed by atoms with van der Waals surface area (Å²) in [6.45, 7) is 2.81. The Bertz CT molecular complexity index is 1010. The monoisotopic (exact) mass is 426 g/mol. The van der Waals surface area contributed by atoms with Gasteiger partial charge in [0, 0.05) is 39.2 Å². The summed E-state index contributed by atoms with van der Waals surface area (Å²) in [7, 11) is 0. The maximum absolute atomic E-state index is 13.8. The number of carbonyl (C=O) groups is 1. The second-order valence-corrected chi connectivity index (χ2v) is 8.12. The molecule has 4 heterocycles. The van der Waals surface area contributed by atoms with E-state index < -0.39 is 5.92 Å². The Morgan fingerprint density at radius 3 is 2.65 bits per heavy atom. The number of anilines is 3. The Hall–Kier alpha value is -3.28. The maximum atomic E-state index is 13.8. The minimum Gasteiger partial charge on any atom is -0.350 e. The molecule has 2 aromatic rings. The lowest BCUT2D eigenvalue weighted by Gasteiger charge is -2.32. The van der Waals surface area contributed by atoms with Crippen LogP contribution in [0.15, 0.2) is 30.5 Å². The van der Waals surface area contributed by atoms with E-state index in [2.05, 4.69) is 21.4 Å². The topological polar surface area (TPSA) is 85.2 Å². The highest BCUT2D eigenvalue weighted by Crippen LogP contribution is 2.35. The van der Waals surface area contributed by atoms with Gasteiger partial charge in [0.15, 0.2) is 0 Å². The molecule has 0 unspecified atom stereocenters. The van der Waals surface area contributed by atoms with Crippen molar-refractivity contribution in [1.29, 1.82) is 5.26 Å². The number of nitrogens with one attached hydrogen (secondary N) is 1. The highest BCUT2D eigenvalue weighted by molar-refractivity contribution is 5.73. The van der Waals surface area contributed by atoms with Gasteiger partial charge in [0.2, 0.25) is 5.91 Å². The van der Waals surface area contributed by atoms with Crippen LogP contribution >= 0.6 is 0 Å². The van der Waals surface area contributed by atoms with E-state index in [0.717, 1.165) is 18.4 Å². The molecule has 2 aromatic heterocycles. The van der Waals surface area contributed by atoms with Crippen LogP contribution in [0.4, 0.5) is 26.2 Å². The van der Waals surface area contributed by atoms with Gasteiger partial charge >= 0.3 is 0 Å². The van der Waals surface area contributed by atoms with Crippen LogP contribution in [0.5, 0.6) is 0 Å². The molecule has 0 radical (unpaired) electrons. The van der Waals surface area contributed by atoms with Gasteiger partial charge in [0.25, 0.3) is 5.92 Å². The molecule has 162 valence electrons. The third-order valence-electron chi connectivity index (χ3n) is 5.88. The van der Waals surface area contributed by atoms with E-state index in [9.17, 15) is 13.6 Å². The number of pyridine rings is 2.